The fraction of sp³-hybridized carbons (Fsp3) is 0.750. The molecule has 0 amide bonds. The normalized spacial score (nSPS) is 10.9. The first-order valence-corrected chi connectivity index (χ1v) is 9.25. The number of carbonyl (C=O) groups is 1. The maximum Gasteiger partial charge on any atom is 0.300 e. The highest BCUT2D eigenvalue weighted by Crippen LogP contribution is 2.09. The number of aliphatic hydroxyl groups excluding tert-OH is 1. The van der Waals surface area contributed by atoms with Gasteiger partial charge in [-0.15, -0.1) is 0 Å². The van der Waals surface area contributed by atoms with Gasteiger partial charge in [0, 0.05) is 13.5 Å². The number of unbranched alkanes of at least 4 members (excludes halogenated alkanes) is 9. The summed E-state index contributed by atoms with van der Waals surface area (Å²) in [5.74, 6) is -0.833. The Morgan fingerprint density at radius 1 is 0.739 bits per heavy atom. The maximum atomic E-state index is 9.00. The molecule has 0 saturated heterocycles. The highest BCUT2D eigenvalue weighted by atomic mass is 16.4. The lowest BCUT2D eigenvalue weighted by Crippen LogP contribution is -1.80. The molecule has 0 aromatic carbocycles. The van der Waals surface area contributed by atoms with E-state index in [2.05, 4.69) is 31.2 Å². The van der Waals surface area contributed by atoms with Gasteiger partial charge in [0.05, 0.1) is 0 Å². The van der Waals surface area contributed by atoms with Crippen molar-refractivity contribution in [3.05, 3.63) is 24.3 Å². The molecule has 0 aromatic heterocycles. The first-order chi connectivity index (χ1) is 11.1. The van der Waals surface area contributed by atoms with E-state index < -0.39 is 5.97 Å². The lowest BCUT2D eigenvalue weighted by molar-refractivity contribution is -0.134. The minimum atomic E-state index is -0.833. The molecule has 3 heteroatoms. The number of carboxylic acid groups (broad SMARTS) is 1. The standard InChI is InChI=1S/C18H34O.C2H4O2/c1-2-3-4-5-6-7-8-9-10-11-12-13-14-15-16-17-18-19;1-2(3)4/h5-6,15-16,19H,2-4,7-14,17-18H2,1H3;1H3,(H,3,4)/b6-5-,16-15-;. The van der Waals surface area contributed by atoms with Crippen LogP contribution in [0.5, 0.6) is 0 Å². The molecule has 0 spiro atoms. The summed E-state index contributed by atoms with van der Waals surface area (Å²) < 4.78 is 0. The van der Waals surface area contributed by atoms with E-state index in [0.717, 1.165) is 13.3 Å². The number of aliphatic carboxylic acids is 1. The molecule has 0 atom stereocenters. The third-order valence-corrected chi connectivity index (χ3v) is 3.35. The van der Waals surface area contributed by atoms with Crippen LogP contribution in [-0.4, -0.2) is 22.8 Å². The Labute approximate surface area is 143 Å². The van der Waals surface area contributed by atoms with Gasteiger partial charge < -0.3 is 10.2 Å². The molecular weight excluding hydrogens is 288 g/mol. The lowest BCUT2D eigenvalue weighted by Gasteiger charge is -1.99. The smallest absolute Gasteiger partial charge is 0.300 e. The fourth-order valence-electron chi connectivity index (χ4n) is 2.10. The number of aliphatic hydroxyl groups is 1. The van der Waals surface area contributed by atoms with Crippen molar-refractivity contribution in [1.82, 2.24) is 0 Å². The molecule has 0 aromatic rings. The van der Waals surface area contributed by atoms with Crippen molar-refractivity contribution >= 4 is 5.97 Å². The van der Waals surface area contributed by atoms with Gasteiger partial charge in [0.15, 0.2) is 0 Å². The number of hydrogen-bond donors (Lipinski definition) is 2. The second kappa shape index (κ2) is 23.2. The number of hydrogen-bond acceptors (Lipinski definition) is 2. The van der Waals surface area contributed by atoms with Crippen LogP contribution in [-0.2, 0) is 4.79 Å². The summed E-state index contributed by atoms with van der Waals surface area (Å²) in [7, 11) is 0. The first-order valence-electron chi connectivity index (χ1n) is 9.25. The predicted octanol–water partition coefficient (Wildman–Crippen LogP) is 5.88. The Bertz CT molecular complexity index is 279. The lowest BCUT2D eigenvalue weighted by atomic mass is 10.1. The van der Waals surface area contributed by atoms with E-state index in [1.807, 2.05) is 0 Å². The van der Waals surface area contributed by atoms with Crippen molar-refractivity contribution in [3.8, 4) is 0 Å². The van der Waals surface area contributed by atoms with Crippen LogP contribution in [0.25, 0.3) is 0 Å². The second-order valence-corrected chi connectivity index (χ2v) is 5.82. The van der Waals surface area contributed by atoms with Crippen LogP contribution >= 0.6 is 0 Å². The highest BCUT2D eigenvalue weighted by molar-refractivity contribution is 5.62. The van der Waals surface area contributed by atoms with Crippen LogP contribution in [0.3, 0.4) is 0 Å². The van der Waals surface area contributed by atoms with Gasteiger partial charge in [-0.3, -0.25) is 4.79 Å². The molecule has 23 heavy (non-hydrogen) atoms. The summed E-state index contributed by atoms with van der Waals surface area (Å²) in [4.78, 5) is 9.00. The quantitative estimate of drug-likeness (QED) is 0.309. The Kier molecular flexibility index (Phi) is 24.4. The molecule has 2 N–H and O–H groups in total. The van der Waals surface area contributed by atoms with Crippen molar-refractivity contribution in [1.29, 1.82) is 0 Å². The third-order valence-electron chi connectivity index (χ3n) is 3.35. The average molecular weight is 327 g/mol. The monoisotopic (exact) mass is 326 g/mol. The zero-order valence-corrected chi connectivity index (χ0v) is 15.3. The van der Waals surface area contributed by atoms with Gasteiger partial charge in [0.1, 0.15) is 0 Å². The molecule has 3 nitrogen and oxygen atoms in total. The van der Waals surface area contributed by atoms with Gasteiger partial charge in [0.2, 0.25) is 0 Å². The molecule has 0 unspecified atom stereocenters. The van der Waals surface area contributed by atoms with E-state index >= 15 is 0 Å². The molecule has 0 aliphatic carbocycles. The number of carboxylic acids is 1. The number of allylic oxidation sites excluding steroid dienone is 3. The molecular formula is C20H38O3. The second-order valence-electron chi connectivity index (χ2n) is 5.82. The van der Waals surface area contributed by atoms with Crippen molar-refractivity contribution in [2.24, 2.45) is 0 Å². The van der Waals surface area contributed by atoms with E-state index in [-0.39, 0.29) is 6.61 Å². The van der Waals surface area contributed by atoms with E-state index in [1.165, 1.54) is 70.6 Å². The Morgan fingerprint density at radius 2 is 1.09 bits per heavy atom. The van der Waals surface area contributed by atoms with Crippen LogP contribution in [0, 0.1) is 0 Å². The van der Waals surface area contributed by atoms with Gasteiger partial charge in [0.25, 0.3) is 5.97 Å². The minimum Gasteiger partial charge on any atom is -0.481 e. The summed E-state index contributed by atoms with van der Waals surface area (Å²) in [6.45, 7) is 3.61. The minimum absolute atomic E-state index is 0.281. The first kappa shape index (κ1) is 24.2. The molecule has 0 rings (SSSR count). The van der Waals surface area contributed by atoms with Crippen molar-refractivity contribution in [3.63, 3.8) is 0 Å². The average Bonchev–Trinajstić information content (AvgIpc) is 2.50. The van der Waals surface area contributed by atoms with E-state index in [0.29, 0.717) is 0 Å². The Morgan fingerprint density at radius 3 is 1.48 bits per heavy atom. The Hall–Kier alpha value is -1.09. The van der Waals surface area contributed by atoms with Crippen molar-refractivity contribution < 1.29 is 15.0 Å². The SMILES string of the molecule is CC(=O)O.CCCC/C=C\CCCCCCCC/C=C\CCO. The van der Waals surface area contributed by atoms with E-state index in [4.69, 9.17) is 15.0 Å². The van der Waals surface area contributed by atoms with Crippen LogP contribution in [0.1, 0.15) is 90.9 Å². The van der Waals surface area contributed by atoms with Crippen molar-refractivity contribution in [2.45, 2.75) is 90.9 Å². The molecule has 0 fully saturated rings. The van der Waals surface area contributed by atoms with Gasteiger partial charge in [-0.1, -0.05) is 69.8 Å². The maximum absolute atomic E-state index is 9.00. The summed E-state index contributed by atoms with van der Waals surface area (Å²) in [5.41, 5.74) is 0. The van der Waals surface area contributed by atoms with Crippen molar-refractivity contribution in [2.75, 3.05) is 6.61 Å². The largest absolute Gasteiger partial charge is 0.481 e. The molecule has 0 saturated carbocycles. The third kappa shape index (κ3) is 33.6. The highest BCUT2D eigenvalue weighted by Gasteiger charge is 1.90. The topological polar surface area (TPSA) is 57.5 Å². The molecule has 0 aliphatic rings. The molecule has 0 bridgehead atoms. The summed E-state index contributed by atoms with van der Waals surface area (Å²) in [5, 5.41) is 16.0. The fourth-order valence-corrected chi connectivity index (χ4v) is 2.10. The molecule has 136 valence electrons. The van der Waals surface area contributed by atoms with E-state index in [1.54, 1.807) is 0 Å². The van der Waals surface area contributed by atoms with E-state index in [9.17, 15) is 0 Å². The summed E-state index contributed by atoms with van der Waals surface area (Å²) in [6, 6.07) is 0. The van der Waals surface area contributed by atoms with Gasteiger partial charge in [-0.2, -0.15) is 0 Å². The molecule has 0 aliphatic heterocycles. The number of rotatable bonds is 14. The van der Waals surface area contributed by atoms with Crippen LogP contribution in [0.4, 0.5) is 0 Å². The molecule has 0 heterocycles. The Balaban J connectivity index is 0. The van der Waals surface area contributed by atoms with Gasteiger partial charge in [-0.05, 0) is 38.5 Å². The van der Waals surface area contributed by atoms with Crippen LogP contribution in [0.15, 0.2) is 24.3 Å². The van der Waals surface area contributed by atoms with Crippen LogP contribution in [0.2, 0.25) is 0 Å². The zero-order valence-electron chi connectivity index (χ0n) is 15.3. The van der Waals surface area contributed by atoms with Crippen LogP contribution < -0.4 is 0 Å². The predicted molar refractivity (Wildman–Crippen MR) is 99.8 cm³/mol. The summed E-state index contributed by atoms with van der Waals surface area (Å²) >= 11 is 0. The molecule has 0 radical (unpaired) electrons. The zero-order chi connectivity index (χ0) is 17.6. The van der Waals surface area contributed by atoms with Gasteiger partial charge >= 0.3 is 0 Å². The van der Waals surface area contributed by atoms with Gasteiger partial charge in [-0.25, -0.2) is 0 Å². The summed E-state index contributed by atoms with van der Waals surface area (Å²) in [6.07, 6.45) is 24.4.